The molecule has 0 N–H and O–H groups in total. The van der Waals surface area contributed by atoms with E-state index in [1.807, 2.05) is 30.3 Å². The van der Waals surface area contributed by atoms with Gasteiger partial charge in [0.1, 0.15) is 5.69 Å². The van der Waals surface area contributed by atoms with Crippen molar-refractivity contribution in [3.05, 3.63) is 36.0 Å². The topological polar surface area (TPSA) is 42.9 Å². The van der Waals surface area contributed by atoms with E-state index in [2.05, 4.69) is 10.2 Å². The third kappa shape index (κ3) is 1.50. The second-order valence-corrected chi connectivity index (χ2v) is 3.93. The van der Waals surface area contributed by atoms with E-state index in [1.54, 1.807) is 0 Å². The molecule has 0 aliphatic heterocycles. The fourth-order valence-electron chi connectivity index (χ4n) is 1.66. The lowest BCUT2D eigenvalue weighted by molar-refractivity contribution is 0.0962. The van der Waals surface area contributed by atoms with Crippen molar-refractivity contribution in [2.45, 2.75) is 12.8 Å². The van der Waals surface area contributed by atoms with Crippen molar-refractivity contribution in [2.24, 2.45) is 5.92 Å². The van der Waals surface area contributed by atoms with Crippen LogP contribution in [0.2, 0.25) is 0 Å². The lowest BCUT2D eigenvalue weighted by atomic mass is 10.1. The third-order valence-corrected chi connectivity index (χ3v) is 2.70. The zero-order valence-corrected chi connectivity index (χ0v) is 8.18. The summed E-state index contributed by atoms with van der Waals surface area (Å²) in [6.07, 6.45) is 2.01. The molecule has 1 aromatic carbocycles. The van der Waals surface area contributed by atoms with E-state index in [0.29, 0.717) is 5.69 Å². The highest BCUT2D eigenvalue weighted by atomic mass is 16.1. The van der Waals surface area contributed by atoms with Gasteiger partial charge in [0, 0.05) is 11.3 Å². The first-order chi connectivity index (χ1) is 7.34. The second kappa shape index (κ2) is 3.12. The molecular formula is C12H10N2O. The fourth-order valence-corrected chi connectivity index (χ4v) is 1.66. The van der Waals surface area contributed by atoms with Gasteiger partial charge in [-0.2, -0.15) is 0 Å². The molecule has 0 radical (unpaired) electrons. The van der Waals surface area contributed by atoms with Crippen LogP contribution in [-0.2, 0) is 0 Å². The summed E-state index contributed by atoms with van der Waals surface area (Å²) < 4.78 is 0. The van der Waals surface area contributed by atoms with Crippen molar-refractivity contribution in [1.29, 1.82) is 0 Å². The summed E-state index contributed by atoms with van der Waals surface area (Å²) in [4.78, 5) is 11.7. The van der Waals surface area contributed by atoms with Crippen molar-refractivity contribution in [3.8, 4) is 0 Å². The smallest absolute Gasteiger partial charge is 0.186 e. The number of hydrogen-bond acceptors (Lipinski definition) is 3. The van der Waals surface area contributed by atoms with E-state index in [9.17, 15) is 4.79 Å². The number of ketones is 1. The average molecular weight is 198 g/mol. The van der Waals surface area contributed by atoms with E-state index in [4.69, 9.17) is 0 Å². The van der Waals surface area contributed by atoms with Crippen LogP contribution in [0.15, 0.2) is 30.3 Å². The van der Waals surface area contributed by atoms with Crippen molar-refractivity contribution < 1.29 is 4.79 Å². The van der Waals surface area contributed by atoms with Crippen molar-refractivity contribution in [3.63, 3.8) is 0 Å². The van der Waals surface area contributed by atoms with Crippen LogP contribution in [0.3, 0.4) is 0 Å². The van der Waals surface area contributed by atoms with Crippen LogP contribution in [0.5, 0.6) is 0 Å². The molecule has 1 aliphatic carbocycles. The van der Waals surface area contributed by atoms with Crippen LogP contribution in [0.25, 0.3) is 10.9 Å². The minimum atomic E-state index is 0.147. The van der Waals surface area contributed by atoms with Crippen molar-refractivity contribution >= 4 is 16.7 Å². The molecule has 0 unspecified atom stereocenters. The molecule has 0 atom stereocenters. The van der Waals surface area contributed by atoms with Crippen LogP contribution in [0.1, 0.15) is 23.3 Å². The monoisotopic (exact) mass is 198 g/mol. The summed E-state index contributed by atoms with van der Waals surface area (Å²) in [6.45, 7) is 0. The second-order valence-electron chi connectivity index (χ2n) is 3.93. The first-order valence-electron chi connectivity index (χ1n) is 5.11. The number of fused-ring (bicyclic) bond motifs is 1. The van der Waals surface area contributed by atoms with Gasteiger partial charge in [0.05, 0.1) is 5.52 Å². The lowest BCUT2D eigenvalue weighted by Gasteiger charge is -1.99. The van der Waals surface area contributed by atoms with Gasteiger partial charge in [-0.15, -0.1) is 10.2 Å². The number of benzene rings is 1. The predicted octanol–water partition coefficient (Wildman–Crippen LogP) is 2.22. The maximum Gasteiger partial charge on any atom is 0.186 e. The number of Topliss-reactive ketones (excluding diaryl/α,β-unsaturated/α-hetero) is 1. The molecule has 3 rings (SSSR count). The van der Waals surface area contributed by atoms with Gasteiger partial charge < -0.3 is 0 Å². The lowest BCUT2D eigenvalue weighted by Crippen LogP contribution is -2.05. The normalized spacial score (nSPS) is 15.5. The minimum absolute atomic E-state index is 0.147. The van der Waals surface area contributed by atoms with E-state index >= 15 is 0 Å². The van der Waals surface area contributed by atoms with Crippen LogP contribution < -0.4 is 0 Å². The van der Waals surface area contributed by atoms with Gasteiger partial charge in [-0.3, -0.25) is 4.79 Å². The number of carbonyl (C=O) groups is 1. The number of carbonyl (C=O) groups excluding carboxylic acids is 1. The predicted molar refractivity (Wildman–Crippen MR) is 56.6 cm³/mol. The Bertz CT molecular complexity index is 532. The molecule has 0 saturated heterocycles. The zero-order chi connectivity index (χ0) is 10.3. The average Bonchev–Trinajstić information content (AvgIpc) is 3.11. The quantitative estimate of drug-likeness (QED) is 0.695. The van der Waals surface area contributed by atoms with Crippen molar-refractivity contribution in [1.82, 2.24) is 10.2 Å². The molecule has 1 heterocycles. The van der Waals surface area contributed by atoms with Gasteiger partial charge in [0.25, 0.3) is 0 Å². The van der Waals surface area contributed by atoms with E-state index in [-0.39, 0.29) is 11.7 Å². The third-order valence-electron chi connectivity index (χ3n) is 2.70. The summed E-state index contributed by atoms with van der Waals surface area (Å²) >= 11 is 0. The van der Waals surface area contributed by atoms with Crippen LogP contribution in [-0.4, -0.2) is 16.0 Å². The Morgan fingerprint density at radius 2 is 2.00 bits per heavy atom. The van der Waals surface area contributed by atoms with Gasteiger partial charge in [-0.05, 0) is 25.0 Å². The van der Waals surface area contributed by atoms with Gasteiger partial charge in [0.2, 0.25) is 0 Å². The first kappa shape index (κ1) is 8.53. The molecule has 3 nitrogen and oxygen atoms in total. The Balaban J connectivity index is 2.09. The highest BCUT2D eigenvalue weighted by Gasteiger charge is 2.31. The maximum atomic E-state index is 11.7. The minimum Gasteiger partial charge on any atom is -0.292 e. The summed E-state index contributed by atoms with van der Waals surface area (Å²) in [5.74, 6) is 0.355. The standard InChI is InChI=1S/C12H10N2O/c15-12(8-5-6-8)11-7-9-3-1-2-4-10(9)13-14-11/h1-4,7-8H,5-6H2. The van der Waals surface area contributed by atoms with E-state index < -0.39 is 0 Å². The zero-order valence-electron chi connectivity index (χ0n) is 8.18. The summed E-state index contributed by atoms with van der Waals surface area (Å²) in [5.41, 5.74) is 1.35. The van der Waals surface area contributed by atoms with Gasteiger partial charge in [0.15, 0.2) is 5.78 Å². The Morgan fingerprint density at radius 3 is 2.80 bits per heavy atom. The molecule has 15 heavy (non-hydrogen) atoms. The van der Waals surface area contributed by atoms with Gasteiger partial charge in [-0.25, -0.2) is 0 Å². The molecule has 3 heteroatoms. The first-order valence-corrected chi connectivity index (χ1v) is 5.11. The molecule has 0 amide bonds. The van der Waals surface area contributed by atoms with E-state index in [0.717, 1.165) is 23.7 Å². The van der Waals surface area contributed by atoms with Crippen LogP contribution in [0.4, 0.5) is 0 Å². The molecule has 2 aromatic rings. The van der Waals surface area contributed by atoms with Gasteiger partial charge >= 0.3 is 0 Å². The molecular weight excluding hydrogens is 188 g/mol. The molecule has 1 aliphatic rings. The number of nitrogens with zero attached hydrogens (tertiary/aromatic N) is 2. The Morgan fingerprint density at radius 1 is 1.20 bits per heavy atom. The van der Waals surface area contributed by atoms with E-state index in [1.165, 1.54) is 0 Å². The summed E-state index contributed by atoms with van der Waals surface area (Å²) in [7, 11) is 0. The highest BCUT2D eigenvalue weighted by molar-refractivity contribution is 5.99. The Hall–Kier alpha value is -1.77. The molecule has 1 saturated carbocycles. The molecule has 1 fully saturated rings. The molecule has 74 valence electrons. The number of hydrogen-bond donors (Lipinski definition) is 0. The fraction of sp³-hybridized carbons (Fsp3) is 0.250. The number of aromatic nitrogens is 2. The van der Waals surface area contributed by atoms with Crippen LogP contribution in [0, 0.1) is 5.92 Å². The molecule has 0 bridgehead atoms. The summed E-state index contributed by atoms with van der Waals surface area (Å²) in [6, 6.07) is 9.54. The van der Waals surface area contributed by atoms with Crippen LogP contribution >= 0.6 is 0 Å². The Kier molecular flexibility index (Phi) is 1.78. The summed E-state index contributed by atoms with van der Waals surface area (Å²) in [5, 5.41) is 8.99. The SMILES string of the molecule is O=C(c1cc2ccccc2nn1)C1CC1. The maximum absolute atomic E-state index is 11.7. The van der Waals surface area contributed by atoms with Crippen molar-refractivity contribution in [2.75, 3.05) is 0 Å². The Labute approximate surface area is 87.1 Å². The molecule has 1 aromatic heterocycles. The molecule has 0 spiro atoms. The number of rotatable bonds is 2. The van der Waals surface area contributed by atoms with Gasteiger partial charge in [-0.1, -0.05) is 18.2 Å². The largest absolute Gasteiger partial charge is 0.292 e. The highest BCUT2D eigenvalue weighted by Crippen LogP contribution is 2.32.